The lowest BCUT2D eigenvalue weighted by Gasteiger charge is -2.26. The molecule has 1 fully saturated rings. The molecule has 0 atom stereocenters. The van der Waals surface area contributed by atoms with Gasteiger partial charge in [-0.1, -0.05) is 13.3 Å². The number of esters is 1. The fourth-order valence-corrected chi connectivity index (χ4v) is 3.65. The average molecular weight is 424 g/mol. The molecule has 0 saturated heterocycles. The van der Waals surface area contributed by atoms with E-state index < -0.39 is 0 Å². The van der Waals surface area contributed by atoms with Crippen molar-refractivity contribution in [3.63, 3.8) is 0 Å². The topological polar surface area (TPSA) is 131 Å². The number of imidazole rings is 1. The van der Waals surface area contributed by atoms with Crippen LogP contribution in [0.2, 0.25) is 0 Å². The molecule has 3 aromatic rings. The zero-order valence-corrected chi connectivity index (χ0v) is 17.7. The Balaban J connectivity index is 1.47. The number of nitrogens with zero attached hydrogens (tertiary/aromatic N) is 3. The largest absolute Gasteiger partial charge is 0.462 e. The fourth-order valence-electron chi connectivity index (χ4n) is 3.65. The van der Waals surface area contributed by atoms with Crippen molar-refractivity contribution in [2.45, 2.75) is 57.5 Å². The number of benzene rings is 1. The molecular formula is C22H29N7O2. The quantitative estimate of drug-likeness (QED) is 0.318. The molecule has 2 aromatic heterocycles. The van der Waals surface area contributed by atoms with Gasteiger partial charge in [0.15, 0.2) is 11.5 Å². The first-order chi connectivity index (χ1) is 15.1. The highest BCUT2D eigenvalue weighted by Crippen LogP contribution is 2.25. The van der Waals surface area contributed by atoms with Crippen molar-refractivity contribution in [2.75, 3.05) is 17.2 Å². The summed E-state index contributed by atoms with van der Waals surface area (Å²) in [6, 6.07) is 7.74. The summed E-state index contributed by atoms with van der Waals surface area (Å²) in [5.74, 6) is 0.853. The molecule has 9 nitrogen and oxygen atoms in total. The minimum atomic E-state index is -0.309. The van der Waals surface area contributed by atoms with E-state index in [0.29, 0.717) is 35.6 Å². The van der Waals surface area contributed by atoms with Gasteiger partial charge in [0, 0.05) is 17.8 Å². The number of fused-ring (bicyclic) bond motifs is 1. The molecule has 1 saturated carbocycles. The highest BCUT2D eigenvalue weighted by Gasteiger charge is 2.20. The lowest BCUT2D eigenvalue weighted by Crippen LogP contribution is -2.33. The number of rotatable bonds is 8. The van der Waals surface area contributed by atoms with E-state index in [1.807, 2.05) is 12.1 Å². The first-order valence-electron chi connectivity index (χ1n) is 10.9. The third kappa shape index (κ3) is 5.29. The predicted molar refractivity (Wildman–Crippen MR) is 120 cm³/mol. The number of aromatic nitrogens is 4. The van der Waals surface area contributed by atoms with Crippen LogP contribution in [0.1, 0.15) is 55.8 Å². The van der Waals surface area contributed by atoms with Crippen molar-refractivity contribution in [2.24, 2.45) is 5.73 Å². The average Bonchev–Trinajstić information content (AvgIpc) is 3.25. The van der Waals surface area contributed by atoms with Gasteiger partial charge in [-0.2, -0.15) is 9.97 Å². The number of hydrogen-bond donors (Lipinski definition) is 4. The molecule has 0 aliphatic heterocycles. The van der Waals surface area contributed by atoms with Crippen molar-refractivity contribution in [1.82, 2.24) is 19.9 Å². The minimum absolute atomic E-state index is 0.289. The molecule has 5 N–H and O–H groups in total. The lowest BCUT2D eigenvalue weighted by molar-refractivity contribution is 0.0500. The number of ether oxygens (including phenoxy) is 1. The summed E-state index contributed by atoms with van der Waals surface area (Å²) < 4.78 is 5.26. The van der Waals surface area contributed by atoms with Crippen LogP contribution < -0.4 is 16.4 Å². The van der Waals surface area contributed by atoms with Gasteiger partial charge in [-0.15, -0.1) is 0 Å². The van der Waals surface area contributed by atoms with Gasteiger partial charge in [0.05, 0.1) is 18.5 Å². The van der Waals surface area contributed by atoms with Crippen LogP contribution in [-0.2, 0) is 4.74 Å². The van der Waals surface area contributed by atoms with E-state index in [2.05, 4.69) is 37.5 Å². The Morgan fingerprint density at radius 1 is 1.19 bits per heavy atom. The van der Waals surface area contributed by atoms with E-state index in [9.17, 15) is 4.79 Å². The maximum absolute atomic E-state index is 12.1. The fraction of sp³-hybridized carbons (Fsp3) is 0.455. The Hall–Kier alpha value is -3.20. The van der Waals surface area contributed by atoms with Crippen LogP contribution in [0.5, 0.6) is 0 Å². The predicted octanol–water partition coefficient (Wildman–Crippen LogP) is 3.74. The monoisotopic (exact) mass is 423 g/mol. The molecule has 0 unspecified atom stereocenters. The Morgan fingerprint density at radius 2 is 1.97 bits per heavy atom. The van der Waals surface area contributed by atoms with Crippen molar-refractivity contribution in [3.05, 3.63) is 36.2 Å². The highest BCUT2D eigenvalue weighted by molar-refractivity contribution is 5.90. The maximum atomic E-state index is 12.1. The number of hydrogen-bond acceptors (Lipinski definition) is 8. The van der Waals surface area contributed by atoms with Crippen LogP contribution in [0.4, 0.5) is 17.5 Å². The van der Waals surface area contributed by atoms with E-state index in [0.717, 1.165) is 49.7 Å². The van der Waals surface area contributed by atoms with Gasteiger partial charge < -0.3 is 26.1 Å². The number of nitrogens with one attached hydrogen (secondary N) is 3. The van der Waals surface area contributed by atoms with Crippen LogP contribution in [0.3, 0.4) is 0 Å². The molecule has 1 aromatic carbocycles. The summed E-state index contributed by atoms with van der Waals surface area (Å²) in [6.07, 6.45) is 7.46. The molecule has 31 heavy (non-hydrogen) atoms. The smallest absolute Gasteiger partial charge is 0.338 e. The van der Waals surface area contributed by atoms with Crippen LogP contribution in [0.25, 0.3) is 11.2 Å². The van der Waals surface area contributed by atoms with Crippen molar-refractivity contribution >= 4 is 34.6 Å². The third-order valence-corrected chi connectivity index (χ3v) is 5.51. The van der Waals surface area contributed by atoms with E-state index in [1.165, 1.54) is 0 Å². The Morgan fingerprint density at radius 3 is 2.71 bits per heavy atom. The SMILES string of the molecule is CCCCOC(=O)c1ccc(Nc2nc(NC3CCC(N)CC3)nc3nc[nH]c23)cc1. The van der Waals surface area contributed by atoms with Gasteiger partial charge in [0.2, 0.25) is 5.95 Å². The molecule has 0 amide bonds. The van der Waals surface area contributed by atoms with Gasteiger partial charge in [-0.05, 0) is 56.4 Å². The third-order valence-electron chi connectivity index (χ3n) is 5.51. The molecule has 164 valence electrons. The van der Waals surface area contributed by atoms with Gasteiger partial charge in [-0.25, -0.2) is 9.78 Å². The van der Waals surface area contributed by atoms with Gasteiger partial charge in [-0.3, -0.25) is 0 Å². The molecule has 0 spiro atoms. The summed E-state index contributed by atoms with van der Waals surface area (Å²) in [5, 5.41) is 6.73. The van der Waals surface area contributed by atoms with Crippen LogP contribution in [-0.4, -0.2) is 44.6 Å². The standard InChI is InChI=1S/C22H29N7O2/c1-2-3-12-31-21(30)14-4-8-16(9-5-14)26-20-18-19(25-13-24-18)28-22(29-20)27-17-10-6-15(23)7-11-17/h4-5,8-9,13,15,17H,2-3,6-7,10-12,23H2,1H3,(H3,24,25,26,27,28,29). The van der Waals surface area contributed by atoms with Crippen LogP contribution in [0.15, 0.2) is 30.6 Å². The highest BCUT2D eigenvalue weighted by atomic mass is 16.5. The molecule has 9 heteroatoms. The molecule has 0 bridgehead atoms. The molecule has 4 rings (SSSR count). The Kier molecular flexibility index (Phi) is 6.61. The summed E-state index contributed by atoms with van der Waals surface area (Å²) in [4.78, 5) is 28.7. The maximum Gasteiger partial charge on any atom is 0.338 e. The van der Waals surface area contributed by atoms with Crippen LogP contribution >= 0.6 is 0 Å². The normalized spacial score (nSPS) is 18.6. The lowest BCUT2D eigenvalue weighted by atomic mass is 9.92. The second kappa shape index (κ2) is 9.74. The van der Waals surface area contributed by atoms with E-state index in [4.69, 9.17) is 10.5 Å². The minimum Gasteiger partial charge on any atom is -0.462 e. The van der Waals surface area contributed by atoms with Gasteiger partial charge in [0.1, 0.15) is 5.52 Å². The molecule has 2 heterocycles. The van der Waals surface area contributed by atoms with Crippen molar-refractivity contribution < 1.29 is 9.53 Å². The molecule has 0 radical (unpaired) electrons. The van der Waals surface area contributed by atoms with Crippen molar-refractivity contribution in [1.29, 1.82) is 0 Å². The number of aromatic amines is 1. The van der Waals surface area contributed by atoms with E-state index >= 15 is 0 Å². The molecule has 1 aliphatic carbocycles. The Bertz CT molecular complexity index is 1010. The second-order valence-electron chi connectivity index (χ2n) is 7.94. The molecule has 1 aliphatic rings. The first kappa shape index (κ1) is 21.0. The van der Waals surface area contributed by atoms with Crippen LogP contribution in [0, 0.1) is 0 Å². The number of anilines is 3. The van der Waals surface area contributed by atoms with E-state index in [-0.39, 0.29) is 12.0 Å². The first-order valence-corrected chi connectivity index (χ1v) is 10.9. The van der Waals surface area contributed by atoms with Gasteiger partial charge >= 0.3 is 5.97 Å². The van der Waals surface area contributed by atoms with Crippen molar-refractivity contribution in [3.8, 4) is 0 Å². The van der Waals surface area contributed by atoms with Gasteiger partial charge in [0.25, 0.3) is 0 Å². The Labute approximate surface area is 181 Å². The summed E-state index contributed by atoms with van der Waals surface area (Å²) >= 11 is 0. The number of carbonyl (C=O) groups excluding carboxylic acids is 1. The molecular weight excluding hydrogens is 394 g/mol. The summed E-state index contributed by atoms with van der Waals surface area (Å²) in [7, 11) is 0. The van der Waals surface area contributed by atoms with E-state index in [1.54, 1.807) is 18.5 Å². The number of carbonyl (C=O) groups is 1. The zero-order chi connectivity index (χ0) is 21.6. The zero-order valence-electron chi connectivity index (χ0n) is 17.7. The summed E-state index contributed by atoms with van der Waals surface area (Å²) in [5.41, 5.74) is 8.64. The number of unbranched alkanes of at least 4 members (excludes halogenated alkanes) is 1. The summed E-state index contributed by atoms with van der Waals surface area (Å²) in [6.45, 7) is 2.50. The number of nitrogens with two attached hydrogens (primary N) is 1. The second-order valence-corrected chi connectivity index (χ2v) is 7.94. The number of H-pyrrole nitrogens is 1.